The average Bonchev–Trinajstić information content (AvgIpc) is 2.92. The lowest BCUT2D eigenvalue weighted by atomic mass is 9.70. The molecule has 2 aliphatic heterocycles. The van der Waals surface area contributed by atoms with E-state index in [1.54, 1.807) is 0 Å². The molecule has 19 heavy (non-hydrogen) atoms. The third kappa shape index (κ3) is 3.48. The summed E-state index contributed by atoms with van der Waals surface area (Å²) in [5.41, 5.74) is -0.205. The topological polar surface area (TPSA) is 41.6 Å². The Labute approximate surface area is 116 Å². The molecule has 1 N–H and O–H groups in total. The zero-order valence-corrected chi connectivity index (χ0v) is 12.4. The average molecular weight is 268 g/mol. The van der Waals surface area contributed by atoms with Crippen LogP contribution in [0, 0.1) is 11.3 Å². The van der Waals surface area contributed by atoms with Gasteiger partial charge >= 0.3 is 0 Å². The van der Waals surface area contributed by atoms with Crippen molar-refractivity contribution in [2.24, 2.45) is 11.3 Å². The summed E-state index contributed by atoms with van der Waals surface area (Å²) in [7, 11) is 0. The molecule has 2 fully saturated rings. The minimum Gasteiger partial charge on any atom is -0.381 e. The highest BCUT2D eigenvalue weighted by molar-refractivity contribution is 5.83. The van der Waals surface area contributed by atoms with E-state index in [0.29, 0.717) is 5.92 Å². The Bertz CT molecular complexity index is 293. The number of likely N-dealkylation sites (tertiary alicyclic amines) is 1. The normalized spacial score (nSPS) is 23.7. The van der Waals surface area contributed by atoms with Gasteiger partial charge in [-0.15, -0.1) is 0 Å². The van der Waals surface area contributed by atoms with Crippen molar-refractivity contribution < 1.29 is 9.53 Å². The summed E-state index contributed by atoms with van der Waals surface area (Å²) < 4.78 is 5.42. The van der Waals surface area contributed by atoms with Crippen molar-refractivity contribution in [3.63, 3.8) is 0 Å². The highest BCUT2D eigenvalue weighted by Gasteiger charge is 2.42. The maximum Gasteiger partial charge on any atom is 0.226 e. The lowest BCUT2D eigenvalue weighted by Crippen LogP contribution is -2.49. The number of carbonyl (C=O) groups is 1. The maximum absolute atomic E-state index is 12.6. The van der Waals surface area contributed by atoms with Crippen LogP contribution >= 0.6 is 0 Å². The van der Waals surface area contributed by atoms with Crippen LogP contribution in [0.2, 0.25) is 0 Å². The van der Waals surface area contributed by atoms with E-state index in [-0.39, 0.29) is 11.3 Å². The number of carbonyl (C=O) groups excluding carboxylic acids is 1. The summed E-state index contributed by atoms with van der Waals surface area (Å²) >= 11 is 0. The fourth-order valence-electron chi connectivity index (χ4n) is 3.31. The van der Waals surface area contributed by atoms with Crippen LogP contribution in [-0.2, 0) is 9.53 Å². The molecular weight excluding hydrogens is 240 g/mol. The molecule has 0 aromatic heterocycles. The van der Waals surface area contributed by atoms with Crippen LogP contribution in [0.15, 0.2) is 0 Å². The first kappa shape index (κ1) is 14.8. The molecule has 4 heteroatoms. The molecular formula is C15H28N2O2. The first-order valence-corrected chi connectivity index (χ1v) is 7.73. The Balaban J connectivity index is 1.81. The van der Waals surface area contributed by atoms with E-state index < -0.39 is 0 Å². The van der Waals surface area contributed by atoms with E-state index in [1.165, 1.54) is 25.9 Å². The van der Waals surface area contributed by atoms with Gasteiger partial charge in [-0.3, -0.25) is 4.79 Å². The molecule has 1 amide bonds. The Kier molecular flexibility index (Phi) is 5.22. The van der Waals surface area contributed by atoms with E-state index in [4.69, 9.17) is 4.74 Å². The monoisotopic (exact) mass is 268 g/mol. The number of ether oxygens (including phenoxy) is 1. The van der Waals surface area contributed by atoms with Crippen LogP contribution in [0.3, 0.4) is 0 Å². The first-order valence-electron chi connectivity index (χ1n) is 7.73. The molecule has 0 spiro atoms. The van der Waals surface area contributed by atoms with E-state index in [0.717, 1.165) is 39.1 Å². The molecule has 0 atom stereocenters. The van der Waals surface area contributed by atoms with Crippen molar-refractivity contribution in [3.05, 3.63) is 0 Å². The summed E-state index contributed by atoms with van der Waals surface area (Å²) in [5, 5.41) is 3.17. The second kappa shape index (κ2) is 6.71. The summed E-state index contributed by atoms with van der Waals surface area (Å²) in [6.07, 6.45) is 4.34. The van der Waals surface area contributed by atoms with Gasteiger partial charge in [-0.05, 0) is 44.7 Å². The number of nitrogens with zero attached hydrogens (tertiary/aromatic N) is 1. The minimum atomic E-state index is -0.205. The molecule has 4 nitrogen and oxygen atoms in total. The van der Waals surface area contributed by atoms with Gasteiger partial charge in [0.2, 0.25) is 5.91 Å². The highest BCUT2D eigenvalue weighted by Crippen LogP contribution is 2.38. The molecule has 0 aliphatic carbocycles. The molecule has 0 bridgehead atoms. The fourth-order valence-corrected chi connectivity index (χ4v) is 3.31. The van der Waals surface area contributed by atoms with E-state index in [2.05, 4.69) is 24.1 Å². The van der Waals surface area contributed by atoms with Crippen molar-refractivity contribution in [2.45, 2.75) is 39.5 Å². The van der Waals surface area contributed by atoms with Gasteiger partial charge in [-0.25, -0.2) is 0 Å². The summed E-state index contributed by atoms with van der Waals surface area (Å²) in [6, 6.07) is 0. The highest BCUT2D eigenvalue weighted by atomic mass is 16.5. The number of rotatable bonds is 5. The van der Waals surface area contributed by atoms with Crippen LogP contribution in [0.1, 0.15) is 39.5 Å². The Hall–Kier alpha value is -0.610. The van der Waals surface area contributed by atoms with Crippen molar-refractivity contribution in [1.29, 1.82) is 0 Å². The van der Waals surface area contributed by atoms with Gasteiger partial charge in [0.1, 0.15) is 0 Å². The Morgan fingerprint density at radius 2 is 1.89 bits per heavy atom. The van der Waals surface area contributed by atoms with Crippen molar-refractivity contribution in [1.82, 2.24) is 10.2 Å². The third-order valence-electron chi connectivity index (χ3n) is 4.85. The van der Waals surface area contributed by atoms with Gasteiger partial charge in [-0.1, -0.05) is 13.8 Å². The minimum absolute atomic E-state index is 0.205. The van der Waals surface area contributed by atoms with Crippen LogP contribution in [0.5, 0.6) is 0 Å². The molecule has 0 aromatic rings. The Morgan fingerprint density at radius 3 is 2.47 bits per heavy atom. The standard InChI is InChI=1S/C15H28N2O2/c1-13(2)15(5-11-19-12-6-15)14(18)16-7-10-17-8-3-4-9-17/h13H,3-12H2,1-2H3,(H,16,18). The molecule has 0 saturated carbocycles. The van der Waals surface area contributed by atoms with E-state index in [1.807, 2.05) is 0 Å². The third-order valence-corrected chi connectivity index (χ3v) is 4.85. The van der Waals surface area contributed by atoms with Crippen molar-refractivity contribution in [3.8, 4) is 0 Å². The van der Waals surface area contributed by atoms with Gasteiger partial charge in [0.25, 0.3) is 0 Å². The lowest BCUT2D eigenvalue weighted by molar-refractivity contribution is -0.140. The molecule has 2 aliphatic rings. The number of hydrogen-bond donors (Lipinski definition) is 1. The predicted molar refractivity (Wildman–Crippen MR) is 76.0 cm³/mol. The molecule has 2 heterocycles. The van der Waals surface area contributed by atoms with Gasteiger partial charge in [-0.2, -0.15) is 0 Å². The maximum atomic E-state index is 12.6. The molecule has 0 radical (unpaired) electrons. The molecule has 2 rings (SSSR count). The molecule has 2 saturated heterocycles. The molecule has 0 unspecified atom stereocenters. The fraction of sp³-hybridized carbons (Fsp3) is 0.933. The lowest BCUT2D eigenvalue weighted by Gasteiger charge is -2.39. The smallest absolute Gasteiger partial charge is 0.226 e. The zero-order chi connectivity index (χ0) is 13.7. The quantitative estimate of drug-likeness (QED) is 0.824. The summed E-state index contributed by atoms with van der Waals surface area (Å²) in [4.78, 5) is 15.0. The molecule has 0 aromatic carbocycles. The molecule has 110 valence electrons. The van der Waals surface area contributed by atoms with Crippen LogP contribution < -0.4 is 5.32 Å². The second-order valence-corrected chi connectivity index (χ2v) is 6.23. The number of amides is 1. The van der Waals surface area contributed by atoms with Gasteiger partial charge in [0.15, 0.2) is 0 Å². The predicted octanol–water partition coefficient (Wildman–Crippen LogP) is 1.65. The van der Waals surface area contributed by atoms with Gasteiger partial charge in [0.05, 0.1) is 5.41 Å². The van der Waals surface area contributed by atoms with Crippen LogP contribution in [0.4, 0.5) is 0 Å². The summed E-state index contributed by atoms with van der Waals surface area (Å²) in [6.45, 7) is 9.93. The first-order chi connectivity index (χ1) is 9.15. The van der Waals surface area contributed by atoms with Gasteiger partial charge < -0.3 is 15.0 Å². The van der Waals surface area contributed by atoms with Crippen molar-refractivity contribution in [2.75, 3.05) is 39.4 Å². The summed E-state index contributed by atoms with van der Waals surface area (Å²) in [5.74, 6) is 0.619. The van der Waals surface area contributed by atoms with Crippen molar-refractivity contribution >= 4 is 5.91 Å². The largest absolute Gasteiger partial charge is 0.381 e. The number of nitrogens with one attached hydrogen (secondary N) is 1. The SMILES string of the molecule is CC(C)C1(C(=O)NCCN2CCCC2)CCOCC1. The zero-order valence-electron chi connectivity index (χ0n) is 12.4. The number of hydrogen-bond acceptors (Lipinski definition) is 3. The van der Waals surface area contributed by atoms with E-state index >= 15 is 0 Å². The van der Waals surface area contributed by atoms with Gasteiger partial charge in [0, 0.05) is 26.3 Å². The van der Waals surface area contributed by atoms with Crippen LogP contribution in [0.25, 0.3) is 0 Å². The Morgan fingerprint density at radius 1 is 1.26 bits per heavy atom. The van der Waals surface area contributed by atoms with Crippen LogP contribution in [-0.4, -0.2) is 50.2 Å². The van der Waals surface area contributed by atoms with E-state index in [9.17, 15) is 4.79 Å². The second-order valence-electron chi connectivity index (χ2n) is 6.23.